The standard InChI is InChI=1S/C3H9ClN2/c4-3(6)1-2-5/h3H,1-2,5-6H2. The molecular weight excluding hydrogens is 99.5 g/mol. The maximum atomic E-state index is 5.28. The molecule has 4 N–H and O–H groups in total. The minimum atomic E-state index is -0.255. The van der Waals surface area contributed by atoms with Gasteiger partial charge in [0.1, 0.15) is 0 Å². The molecule has 0 radical (unpaired) electrons. The van der Waals surface area contributed by atoms with Gasteiger partial charge in [0.15, 0.2) is 0 Å². The van der Waals surface area contributed by atoms with Crippen LogP contribution >= 0.6 is 11.6 Å². The molecule has 0 aromatic carbocycles. The average molecular weight is 109 g/mol. The van der Waals surface area contributed by atoms with E-state index in [0.717, 1.165) is 0 Å². The van der Waals surface area contributed by atoms with Crippen molar-refractivity contribution in [3.05, 3.63) is 0 Å². The predicted molar refractivity (Wildman–Crippen MR) is 27.5 cm³/mol. The van der Waals surface area contributed by atoms with Crippen molar-refractivity contribution in [3.63, 3.8) is 0 Å². The Morgan fingerprint density at radius 2 is 2.17 bits per heavy atom. The van der Waals surface area contributed by atoms with E-state index in [1.165, 1.54) is 0 Å². The van der Waals surface area contributed by atoms with Crippen molar-refractivity contribution >= 4 is 11.6 Å². The first kappa shape index (κ1) is 6.21. The molecule has 0 aromatic heterocycles. The molecule has 2 nitrogen and oxygen atoms in total. The van der Waals surface area contributed by atoms with Gasteiger partial charge in [0, 0.05) is 0 Å². The number of alkyl halides is 1. The Bertz CT molecular complexity index is 30.0. The van der Waals surface area contributed by atoms with Gasteiger partial charge in [0.2, 0.25) is 0 Å². The lowest BCUT2D eigenvalue weighted by Gasteiger charge is -1.94. The summed E-state index contributed by atoms with van der Waals surface area (Å²) in [6.07, 6.45) is 0.696. The van der Waals surface area contributed by atoms with E-state index in [1.54, 1.807) is 0 Å². The van der Waals surface area contributed by atoms with E-state index < -0.39 is 0 Å². The van der Waals surface area contributed by atoms with Crippen LogP contribution in [0.25, 0.3) is 0 Å². The van der Waals surface area contributed by atoms with Gasteiger partial charge in [0.25, 0.3) is 0 Å². The number of rotatable bonds is 2. The molecular formula is C3H9ClN2. The van der Waals surface area contributed by atoms with E-state index in [0.29, 0.717) is 13.0 Å². The zero-order valence-electron chi connectivity index (χ0n) is 3.52. The lowest BCUT2D eigenvalue weighted by atomic mass is 10.4. The summed E-state index contributed by atoms with van der Waals surface area (Å²) in [5.41, 5.74) is 9.90. The molecule has 0 aromatic rings. The Labute approximate surface area is 42.5 Å². The van der Waals surface area contributed by atoms with Crippen LogP contribution in [-0.2, 0) is 0 Å². The largest absolute Gasteiger partial charge is 0.330 e. The van der Waals surface area contributed by atoms with Gasteiger partial charge < -0.3 is 11.5 Å². The van der Waals surface area contributed by atoms with Crippen LogP contribution in [0.3, 0.4) is 0 Å². The summed E-state index contributed by atoms with van der Waals surface area (Å²) in [5.74, 6) is 0. The summed E-state index contributed by atoms with van der Waals surface area (Å²) in [6, 6.07) is 0. The van der Waals surface area contributed by atoms with E-state index in [9.17, 15) is 0 Å². The minimum absolute atomic E-state index is 0.255. The molecule has 0 heterocycles. The molecule has 3 heteroatoms. The number of hydrogen-bond donors (Lipinski definition) is 2. The fraction of sp³-hybridized carbons (Fsp3) is 1.00. The van der Waals surface area contributed by atoms with Gasteiger partial charge in [-0.1, -0.05) is 0 Å². The zero-order valence-corrected chi connectivity index (χ0v) is 4.28. The van der Waals surface area contributed by atoms with Gasteiger partial charge in [-0.15, -0.1) is 11.6 Å². The molecule has 0 rings (SSSR count). The lowest BCUT2D eigenvalue weighted by Crippen LogP contribution is -2.16. The lowest BCUT2D eigenvalue weighted by molar-refractivity contribution is 0.789. The second-order valence-electron chi connectivity index (χ2n) is 1.09. The summed E-state index contributed by atoms with van der Waals surface area (Å²) in [4.78, 5) is 0. The Morgan fingerprint density at radius 3 is 2.17 bits per heavy atom. The highest BCUT2D eigenvalue weighted by Crippen LogP contribution is 1.87. The molecule has 0 aliphatic carbocycles. The normalized spacial score (nSPS) is 14.5. The van der Waals surface area contributed by atoms with Crippen LogP contribution in [-0.4, -0.2) is 12.0 Å². The van der Waals surface area contributed by atoms with E-state index >= 15 is 0 Å². The number of hydrogen-bond acceptors (Lipinski definition) is 2. The Hall–Kier alpha value is 0.210. The fourth-order valence-corrected chi connectivity index (χ4v) is 0.285. The van der Waals surface area contributed by atoms with Crippen LogP contribution in [0.2, 0.25) is 0 Å². The molecule has 0 spiro atoms. The van der Waals surface area contributed by atoms with E-state index in [4.69, 9.17) is 23.1 Å². The first-order chi connectivity index (χ1) is 2.77. The van der Waals surface area contributed by atoms with Crippen LogP contribution in [0.1, 0.15) is 6.42 Å². The van der Waals surface area contributed by atoms with Crippen molar-refractivity contribution in [1.82, 2.24) is 0 Å². The molecule has 0 aliphatic rings. The van der Waals surface area contributed by atoms with Crippen LogP contribution in [0, 0.1) is 0 Å². The maximum Gasteiger partial charge on any atom is 0.0812 e. The quantitative estimate of drug-likeness (QED) is 0.382. The molecule has 0 amide bonds. The maximum absolute atomic E-state index is 5.28. The van der Waals surface area contributed by atoms with Crippen molar-refractivity contribution in [1.29, 1.82) is 0 Å². The summed E-state index contributed by atoms with van der Waals surface area (Å²) in [7, 11) is 0. The Kier molecular flexibility index (Phi) is 3.52. The molecule has 0 saturated heterocycles. The summed E-state index contributed by atoms with van der Waals surface area (Å²) in [6.45, 7) is 0.574. The first-order valence-corrected chi connectivity index (χ1v) is 2.30. The van der Waals surface area contributed by atoms with Gasteiger partial charge in [-0.3, -0.25) is 0 Å². The fourth-order valence-electron chi connectivity index (χ4n) is 0.159. The second kappa shape index (κ2) is 3.40. The third-order valence-corrected chi connectivity index (χ3v) is 0.661. The number of nitrogens with two attached hydrogens (primary N) is 2. The smallest absolute Gasteiger partial charge is 0.0812 e. The molecule has 0 bridgehead atoms. The monoisotopic (exact) mass is 108 g/mol. The third-order valence-electron chi connectivity index (χ3n) is 0.442. The summed E-state index contributed by atoms with van der Waals surface area (Å²) >= 11 is 5.28. The van der Waals surface area contributed by atoms with Gasteiger partial charge in [-0.05, 0) is 13.0 Å². The highest BCUT2D eigenvalue weighted by atomic mass is 35.5. The molecule has 0 aliphatic heterocycles. The molecule has 0 fully saturated rings. The highest BCUT2D eigenvalue weighted by Gasteiger charge is 1.88. The highest BCUT2D eigenvalue weighted by molar-refractivity contribution is 6.20. The van der Waals surface area contributed by atoms with Gasteiger partial charge in [-0.2, -0.15) is 0 Å². The zero-order chi connectivity index (χ0) is 4.99. The van der Waals surface area contributed by atoms with Crippen LogP contribution < -0.4 is 11.5 Å². The average Bonchev–Trinajstić information content (AvgIpc) is 1.35. The number of halogens is 1. The first-order valence-electron chi connectivity index (χ1n) is 1.87. The molecule has 0 saturated carbocycles. The van der Waals surface area contributed by atoms with Crippen LogP contribution in [0.5, 0.6) is 0 Å². The molecule has 1 atom stereocenters. The van der Waals surface area contributed by atoms with Crippen molar-refractivity contribution < 1.29 is 0 Å². The van der Waals surface area contributed by atoms with Crippen LogP contribution in [0.4, 0.5) is 0 Å². The van der Waals surface area contributed by atoms with Crippen molar-refractivity contribution in [3.8, 4) is 0 Å². The Morgan fingerprint density at radius 1 is 1.67 bits per heavy atom. The van der Waals surface area contributed by atoms with Crippen molar-refractivity contribution in [2.45, 2.75) is 11.9 Å². The minimum Gasteiger partial charge on any atom is -0.330 e. The summed E-state index contributed by atoms with van der Waals surface area (Å²) in [5, 5.41) is 0. The van der Waals surface area contributed by atoms with Gasteiger partial charge in [-0.25, -0.2) is 0 Å². The van der Waals surface area contributed by atoms with Crippen molar-refractivity contribution in [2.24, 2.45) is 11.5 Å². The third kappa shape index (κ3) is 4.21. The SMILES string of the molecule is NCCC(N)Cl. The predicted octanol–water partition coefficient (Wildman–Crippen LogP) is -0.141. The van der Waals surface area contributed by atoms with E-state index in [2.05, 4.69) is 0 Å². The Balaban J connectivity index is 2.63. The molecule has 1 unspecified atom stereocenters. The van der Waals surface area contributed by atoms with Gasteiger partial charge >= 0.3 is 0 Å². The van der Waals surface area contributed by atoms with E-state index in [-0.39, 0.29) is 5.50 Å². The second-order valence-corrected chi connectivity index (χ2v) is 1.65. The topological polar surface area (TPSA) is 52.0 Å². The van der Waals surface area contributed by atoms with Crippen LogP contribution in [0.15, 0.2) is 0 Å². The molecule has 38 valence electrons. The van der Waals surface area contributed by atoms with Crippen molar-refractivity contribution in [2.75, 3.05) is 6.54 Å². The summed E-state index contributed by atoms with van der Waals surface area (Å²) < 4.78 is 0. The van der Waals surface area contributed by atoms with E-state index in [1.807, 2.05) is 0 Å². The molecule has 6 heavy (non-hydrogen) atoms. The van der Waals surface area contributed by atoms with Gasteiger partial charge in [0.05, 0.1) is 5.50 Å².